The van der Waals surface area contributed by atoms with Crippen molar-refractivity contribution < 1.29 is 14.3 Å². The van der Waals surface area contributed by atoms with E-state index >= 15 is 0 Å². The Morgan fingerprint density at radius 2 is 2.10 bits per heavy atom. The highest BCUT2D eigenvalue weighted by molar-refractivity contribution is 6.35. The van der Waals surface area contributed by atoms with Gasteiger partial charge in [-0.2, -0.15) is 0 Å². The summed E-state index contributed by atoms with van der Waals surface area (Å²) in [6.07, 6.45) is 3.54. The van der Waals surface area contributed by atoms with E-state index in [9.17, 15) is 9.59 Å². The molecule has 0 aliphatic rings. The molecule has 6 heteroatoms. The van der Waals surface area contributed by atoms with E-state index in [1.807, 2.05) is 13.8 Å². The smallest absolute Gasteiger partial charge is 0.331 e. The van der Waals surface area contributed by atoms with Gasteiger partial charge in [0.1, 0.15) is 0 Å². The lowest BCUT2D eigenvalue weighted by atomic mass is 10.2. The minimum absolute atomic E-state index is 0.0552. The number of carbonyl (C=O) groups is 2. The van der Waals surface area contributed by atoms with Gasteiger partial charge in [0.05, 0.1) is 0 Å². The summed E-state index contributed by atoms with van der Waals surface area (Å²) in [5.74, 6) is -0.934. The Labute approximate surface area is 134 Å². The highest BCUT2D eigenvalue weighted by Crippen LogP contribution is 2.21. The topological polar surface area (TPSA) is 55.4 Å². The number of benzene rings is 1. The van der Waals surface area contributed by atoms with Gasteiger partial charge >= 0.3 is 5.97 Å². The third-order valence-electron chi connectivity index (χ3n) is 2.73. The minimum Gasteiger partial charge on any atom is -0.452 e. The largest absolute Gasteiger partial charge is 0.452 e. The Bertz CT molecular complexity index is 544. The Hall–Kier alpha value is -1.52. The summed E-state index contributed by atoms with van der Waals surface area (Å²) in [7, 11) is 0. The van der Waals surface area contributed by atoms with Crippen molar-refractivity contribution in [2.75, 3.05) is 6.61 Å². The zero-order valence-electron chi connectivity index (χ0n) is 11.9. The summed E-state index contributed by atoms with van der Waals surface area (Å²) < 4.78 is 4.83. The normalized spacial score (nSPS) is 12.2. The minimum atomic E-state index is -0.611. The summed E-state index contributed by atoms with van der Waals surface area (Å²) in [6, 6.07) is 4.98. The SMILES string of the molecule is CC[C@@H](C)NC(=O)COC(=O)/C=C/c1ccc(Cl)cc1Cl. The summed E-state index contributed by atoms with van der Waals surface area (Å²) in [5, 5.41) is 3.64. The third-order valence-corrected chi connectivity index (χ3v) is 3.29. The maximum atomic E-state index is 11.5. The van der Waals surface area contributed by atoms with Crippen LogP contribution in [0.3, 0.4) is 0 Å². The number of esters is 1. The first-order valence-electron chi connectivity index (χ1n) is 6.51. The van der Waals surface area contributed by atoms with E-state index in [2.05, 4.69) is 5.32 Å². The molecule has 1 atom stereocenters. The quantitative estimate of drug-likeness (QED) is 0.642. The van der Waals surface area contributed by atoms with Gasteiger partial charge in [-0.25, -0.2) is 4.79 Å². The van der Waals surface area contributed by atoms with Gasteiger partial charge in [-0.15, -0.1) is 0 Å². The van der Waals surface area contributed by atoms with Crippen LogP contribution in [0.2, 0.25) is 10.0 Å². The number of amides is 1. The molecule has 0 saturated carbocycles. The molecule has 1 aromatic carbocycles. The van der Waals surface area contributed by atoms with Crippen LogP contribution >= 0.6 is 23.2 Å². The highest BCUT2D eigenvalue weighted by atomic mass is 35.5. The molecule has 1 rings (SSSR count). The van der Waals surface area contributed by atoms with Crippen molar-refractivity contribution in [1.29, 1.82) is 0 Å². The van der Waals surface area contributed by atoms with Crippen molar-refractivity contribution in [2.24, 2.45) is 0 Å². The van der Waals surface area contributed by atoms with E-state index in [1.54, 1.807) is 18.2 Å². The Morgan fingerprint density at radius 3 is 2.71 bits per heavy atom. The maximum Gasteiger partial charge on any atom is 0.331 e. The molecule has 1 N–H and O–H groups in total. The molecule has 0 heterocycles. The van der Waals surface area contributed by atoms with Crippen LogP contribution in [0.15, 0.2) is 24.3 Å². The summed E-state index contributed by atoms with van der Waals surface area (Å²) >= 11 is 11.7. The summed E-state index contributed by atoms with van der Waals surface area (Å²) in [5.41, 5.74) is 0.641. The predicted octanol–water partition coefficient (Wildman–Crippen LogP) is 3.46. The Morgan fingerprint density at radius 1 is 1.38 bits per heavy atom. The first kappa shape index (κ1) is 17.5. The van der Waals surface area contributed by atoms with Crippen molar-refractivity contribution >= 4 is 41.2 Å². The standard InChI is InChI=1S/C15H17Cl2NO3/c1-3-10(2)18-14(19)9-21-15(20)7-5-11-4-6-12(16)8-13(11)17/h4-8,10H,3,9H2,1-2H3,(H,18,19)/b7-5+/t10-/m1/s1. The lowest BCUT2D eigenvalue weighted by Crippen LogP contribution is -2.35. The molecule has 0 radical (unpaired) electrons. The van der Waals surface area contributed by atoms with E-state index in [4.69, 9.17) is 27.9 Å². The fourth-order valence-corrected chi connectivity index (χ4v) is 1.87. The second-order valence-corrected chi connectivity index (χ2v) is 5.33. The average molecular weight is 330 g/mol. The second kappa shape index (κ2) is 8.70. The number of nitrogens with one attached hydrogen (secondary N) is 1. The maximum absolute atomic E-state index is 11.5. The van der Waals surface area contributed by atoms with Gasteiger partial charge in [-0.05, 0) is 37.1 Å². The van der Waals surface area contributed by atoms with E-state index in [0.717, 1.165) is 6.42 Å². The van der Waals surface area contributed by atoms with Gasteiger partial charge in [0.15, 0.2) is 6.61 Å². The Balaban J connectivity index is 2.46. The van der Waals surface area contributed by atoms with Crippen molar-refractivity contribution in [3.8, 4) is 0 Å². The third kappa shape index (κ3) is 6.65. The molecule has 1 aromatic rings. The van der Waals surface area contributed by atoms with Crippen LogP contribution in [0, 0.1) is 0 Å². The molecule has 0 aromatic heterocycles. The van der Waals surface area contributed by atoms with Gasteiger partial charge < -0.3 is 10.1 Å². The monoisotopic (exact) mass is 329 g/mol. The molecule has 1 amide bonds. The fourth-order valence-electron chi connectivity index (χ4n) is 1.40. The molecule has 114 valence electrons. The van der Waals surface area contributed by atoms with Crippen molar-refractivity contribution in [3.05, 3.63) is 39.9 Å². The molecule has 0 saturated heterocycles. The first-order chi connectivity index (χ1) is 9.92. The van der Waals surface area contributed by atoms with Crippen molar-refractivity contribution in [1.82, 2.24) is 5.32 Å². The van der Waals surface area contributed by atoms with Gasteiger partial charge in [-0.3, -0.25) is 4.79 Å². The number of halogens is 2. The molecule has 0 aliphatic carbocycles. The zero-order chi connectivity index (χ0) is 15.8. The van der Waals surface area contributed by atoms with Gasteiger partial charge in [-0.1, -0.05) is 36.2 Å². The molecule has 4 nitrogen and oxygen atoms in total. The fraction of sp³-hybridized carbons (Fsp3) is 0.333. The van der Waals surface area contributed by atoms with Crippen LogP contribution < -0.4 is 5.32 Å². The molecule has 0 spiro atoms. The van der Waals surface area contributed by atoms with Crippen molar-refractivity contribution in [3.63, 3.8) is 0 Å². The number of hydrogen-bond acceptors (Lipinski definition) is 3. The van der Waals surface area contributed by atoms with Crippen LogP contribution in [0.5, 0.6) is 0 Å². The molecular formula is C15H17Cl2NO3. The van der Waals surface area contributed by atoms with Crippen molar-refractivity contribution in [2.45, 2.75) is 26.3 Å². The summed E-state index contributed by atoms with van der Waals surface area (Å²) in [4.78, 5) is 22.9. The lowest BCUT2D eigenvalue weighted by molar-refractivity contribution is -0.144. The van der Waals surface area contributed by atoms with Crippen LogP contribution in [0.25, 0.3) is 6.08 Å². The predicted molar refractivity (Wildman–Crippen MR) is 84.4 cm³/mol. The van der Waals surface area contributed by atoms with E-state index < -0.39 is 5.97 Å². The van der Waals surface area contributed by atoms with Gasteiger partial charge in [0, 0.05) is 22.2 Å². The lowest BCUT2D eigenvalue weighted by Gasteiger charge is -2.10. The van der Waals surface area contributed by atoms with Crippen LogP contribution in [-0.4, -0.2) is 24.5 Å². The molecule has 0 aliphatic heterocycles. The zero-order valence-corrected chi connectivity index (χ0v) is 13.4. The molecule has 21 heavy (non-hydrogen) atoms. The van der Waals surface area contributed by atoms with E-state index in [0.29, 0.717) is 15.6 Å². The molecule has 0 unspecified atom stereocenters. The van der Waals surface area contributed by atoms with Crippen LogP contribution in [-0.2, 0) is 14.3 Å². The number of rotatable bonds is 6. The molecule has 0 bridgehead atoms. The first-order valence-corrected chi connectivity index (χ1v) is 7.27. The number of ether oxygens (including phenoxy) is 1. The van der Waals surface area contributed by atoms with Gasteiger partial charge in [0.25, 0.3) is 5.91 Å². The molecule has 0 fully saturated rings. The van der Waals surface area contributed by atoms with Crippen LogP contribution in [0.1, 0.15) is 25.8 Å². The number of carbonyl (C=O) groups excluding carboxylic acids is 2. The van der Waals surface area contributed by atoms with E-state index in [-0.39, 0.29) is 18.6 Å². The molecular weight excluding hydrogens is 313 g/mol. The van der Waals surface area contributed by atoms with Crippen LogP contribution in [0.4, 0.5) is 0 Å². The number of hydrogen-bond donors (Lipinski definition) is 1. The van der Waals surface area contributed by atoms with E-state index in [1.165, 1.54) is 12.2 Å². The highest BCUT2D eigenvalue weighted by Gasteiger charge is 2.07. The van der Waals surface area contributed by atoms with Gasteiger partial charge in [0.2, 0.25) is 0 Å². The Kier molecular flexibility index (Phi) is 7.26. The average Bonchev–Trinajstić information content (AvgIpc) is 2.44. The summed E-state index contributed by atoms with van der Waals surface area (Å²) in [6.45, 7) is 3.53. The second-order valence-electron chi connectivity index (χ2n) is 4.48.